The highest BCUT2D eigenvalue weighted by atomic mass is 79.9. The van der Waals surface area contributed by atoms with Crippen LogP contribution in [0.25, 0.3) is 0 Å². The van der Waals surface area contributed by atoms with Gasteiger partial charge in [0, 0.05) is 20.9 Å². The van der Waals surface area contributed by atoms with Gasteiger partial charge in [0.1, 0.15) is 0 Å². The Morgan fingerprint density at radius 2 is 1.50 bits per heavy atom. The number of amides is 3. The van der Waals surface area contributed by atoms with Crippen molar-refractivity contribution in [2.24, 2.45) is 11.8 Å². The zero-order chi connectivity index (χ0) is 21.6. The van der Waals surface area contributed by atoms with Gasteiger partial charge < -0.3 is 5.32 Å². The van der Waals surface area contributed by atoms with E-state index in [4.69, 9.17) is 0 Å². The summed E-state index contributed by atoms with van der Waals surface area (Å²) in [5, 5.41) is 2.90. The van der Waals surface area contributed by atoms with Gasteiger partial charge in [-0.1, -0.05) is 44.0 Å². The fraction of sp³-hybridized carbons (Fsp3) is 0.348. The van der Waals surface area contributed by atoms with E-state index in [9.17, 15) is 14.4 Å². The first-order chi connectivity index (χ1) is 14.2. The molecule has 4 rings (SSSR count). The number of nitrogens with zero attached hydrogens (tertiary/aromatic N) is 1. The number of anilines is 2. The lowest BCUT2D eigenvalue weighted by Gasteiger charge is -2.29. The molecule has 1 aliphatic heterocycles. The monoisotopic (exact) mass is 532 g/mol. The van der Waals surface area contributed by atoms with E-state index >= 15 is 0 Å². The Kier molecular flexibility index (Phi) is 5.86. The molecule has 0 radical (unpaired) electrons. The van der Waals surface area contributed by atoms with Crippen LogP contribution in [0.2, 0.25) is 0 Å². The van der Waals surface area contributed by atoms with E-state index in [-0.39, 0.29) is 39.2 Å². The predicted octanol–water partition coefficient (Wildman–Crippen LogP) is 4.98. The van der Waals surface area contributed by atoms with Crippen molar-refractivity contribution in [3.8, 4) is 0 Å². The van der Waals surface area contributed by atoms with Crippen LogP contribution >= 0.6 is 31.9 Å². The maximum Gasteiger partial charge on any atom is 0.255 e. The smallest absolute Gasteiger partial charge is 0.255 e. The molecule has 0 bridgehead atoms. The van der Waals surface area contributed by atoms with E-state index in [0.29, 0.717) is 29.8 Å². The minimum Gasteiger partial charge on any atom is -0.322 e. The number of rotatable bonds is 3. The highest BCUT2D eigenvalue weighted by Gasteiger charge is 2.52. The number of benzene rings is 2. The Bertz CT molecular complexity index is 991. The van der Waals surface area contributed by atoms with E-state index in [0.717, 1.165) is 11.1 Å². The topological polar surface area (TPSA) is 66.5 Å². The molecule has 7 heteroatoms. The van der Waals surface area contributed by atoms with Crippen molar-refractivity contribution in [3.63, 3.8) is 0 Å². The number of fused-ring (bicyclic) bond motifs is 1. The zero-order valence-corrected chi connectivity index (χ0v) is 19.9. The third kappa shape index (κ3) is 3.97. The molecule has 3 amide bonds. The molecule has 1 saturated carbocycles. The molecule has 1 aliphatic carbocycles. The van der Waals surface area contributed by atoms with Crippen molar-refractivity contribution in [1.82, 2.24) is 0 Å². The molecule has 1 heterocycles. The van der Waals surface area contributed by atoms with E-state index in [2.05, 4.69) is 37.2 Å². The summed E-state index contributed by atoms with van der Waals surface area (Å²) in [6.45, 7) is 3.95. The van der Waals surface area contributed by atoms with Crippen LogP contribution < -0.4 is 10.2 Å². The molecule has 5 nitrogen and oxygen atoms in total. The van der Waals surface area contributed by atoms with Gasteiger partial charge in [-0.25, -0.2) is 0 Å². The molecule has 4 atom stereocenters. The molecule has 1 saturated heterocycles. The number of hydrogen-bond donors (Lipinski definition) is 1. The number of imide groups is 1. The third-order valence-electron chi connectivity index (χ3n) is 5.76. The maximum absolute atomic E-state index is 13.0. The van der Waals surface area contributed by atoms with Crippen LogP contribution in [0.15, 0.2) is 42.5 Å². The van der Waals surface area contributed by atoms with Crippen LogP contribution in [0.3, 0.4) is 0 Å². The molecule has 1 N–H and O–H groups in total. The lowest BCUT2D eigenvalue weighted by atomic mass is 9.81. The van der Waals surface area contributed by atoms with Gasteiger partial charge in [0.25, 0.3) is 5.91 Å². The van der Waals surface area contributed by atoms with E-state index in [1.54, 1.807) is 24.3 Å². The Labute approximate surface area is 192 Å². The van der Waals surface area contributed by atoms with Crippen LogP contribution in [0.5, 0.6) is 0 Å². The van der Waals surface area contributed by atoms with Gasteiger partial charge in [-0.05, 0) is 68.1 Å². The van der Waals surface area contributed by atoms with Crippen molar-refractivity contribution >= 4 is 61.0 Å². The predicted molar refractivity (Wildman–Crippen MR) is 124 cm³/mol. The van der Waals surface area contributed by atoms with Crippen LogP contribution in [-0.2, 0) is 9.59 Å². The Balaban J connectivity index is 1.58. The molecule has 0 unspecified atom stereocenters. The summed E-state index contributed by atoms with van der Waals surface area (Å²) >= 11 is 7.21. The van der Waals surface area contributed by atoms with Crippen LogP contribution in [0, 0.1) is 25.7 Å². The van der Waals surface area contributed by atoms with E-state index in [1.807, 2.05) is 32.0 Å². The zero-order valence-electron chi connectivity index (χ0n) is 16.7. The van der Waals surface area contributed by atoms with Crippen LogP contribution in [0.1, 0.15) is 34.3 Å². The fourth-order valence-electron chi connectivity index (χ4n) is 4.39. The van der Waals surface area contributed by atoms with Gasteiger partial charge in [0.05, 0.1) is 17.5 Å². The van der Waals surface area contributed by atoms with Gasteiger partial charge in [-0.2, -0.15) is 0 Å². The van der Waals surface area contributed by atoms with Crippen molar-refractivity contribution in [1.29, 1.82) is 0 Å². The number of aryl methyl sites for hydroxylation is 2. The Morgan fingerprint density at radius 1 is 0.933 bits per heavy atom. The molecule has 30 heavy (non-hydrogen) atoms. The fourth-order valence-corrected chi connectivity index (χ4v) is 5.62. The highest BCUT2D eigenvalue weighted by molar-refractivity contribution is 9.12. The van der Waals surface area contributed by atoms with Gasteiger partial charge in [0.2, 0.25) is 11.8 Å². The largest absolute Gasteiger partial charge is 0.322 e. The highest BCUT2D eigenvalue weighted by Crippen LogP contribution is 2.44. The van der Waals surface area contributed by atoms with Crippen molar-refractivity contribution in [2.45, 2.75) is 36.3 Å². The lowest BCUT2D eigenvalue weighted by molar-refractivity contribution is -0.122. The molecule has 2 aromatic rings. The number of halogens is 2. The average Bonchev–Trinajstić information content (AvgIpc) is 2.91. The first-order valence-corrected chi connectivity index (χ1v) is 11.7. The SMILES string of the molecule is Cc1cc(C)cc(NC(=O)c2cccc(N3C(=O)[C@H]4C[C@H](Br)[C@@H](Br)C[C@H]4C3=O)c2)c1. The van der Waals surface area contributed by atoms with Gasteiger partial charge in [0.15, 0.2) is 0 Å². The summed E-state index contributed by atoms with van der Waals surface area (Å²) < 4.78 is 0. The minimum atomic E-state index is -0.316. The molecule has 0 aromatic heterocycles. The molecule has 156 valence electrons. The molecule has 0 spiro atoms. The van der Waals surface area contributed by atoms with Crippen LogP contribution in [-0.4, -0.2) is 27.4 Å². The van der Waals surface area contributed by atoms with E-state index in [1.165, 1.54) is 4.90 Å². The molecule has 2 aliphatic rings. The summed E-state index contributed by atoms with van der Waals surface area (Å²) in [5.41, 5.74) is 3.69. The third-order valence-corrected chi connectivity index (χ3v) is 8.49. The maximum atomic E-state index is 13.0. The standard InChI is InChI=1S/C23H22Br2N2O3/c1-12-6-13(2)8-15(7-12)26-21(28)14-4-3-5-16(9-14)27-22(29)17-10-19(24)20(25)11-18(17)23(27)30/h3-9,17-20H,10-11H2,1-2H3,(H,26,28)/t17-,18+,19-,20-/m0/s1. The van der Waals surface area contributed by atoms with E-state index < -0.39 is 0 Å². The van der Waals surface area contributed by atoms with Crippen molar-refractivity contribution in [3.05, 3.63) is 59.2 Å². The lowest BCUT2D eigenvalue weighted by Crippen LogP contribution is -2.34. The number of carbonyl (C=O) groups is 3. The number of hydrogen-bond acceptors (Lipinski definition) is 3. The molecular formula is C23H22Br2N2O3. The van der Waals surface area contributed by atoms with Gasteiger partial charge in [-0.15, -0.1) is 0 Å². The second kappa shape index (κ2) is 8.27. The van der Waals surface area contributed by atoms with Crippen LogP contribution in [0.4, 0.5) is 11.4 Å². The first-order valence-electron chi connectivity index (χ1n) is 9.90. The Hall–Kier alpha value is -1.99. The summed E-state index contributed by atoms with van der Waals surface area (Å²) in [4.78, 5) is 40.4. The summed E-state index contributed by atoms with van der Waals surface area (Å²) in [7, 11) is 0. The van der Waals surface area contributed by atoms with Gasteiger partial charge >= 0.3 is 0 Å². The number of alkyl halides is 2. The Morgan fingerprint density at radius 3 is 2.07 bits per heavy atom. The first kappa shape index (κ1) is 21.2. The molecule has 2 aromatic carbocycles. The number of nitrogens with one attached hydrogen (secondary N) is 1. The number of carbonyl (C=O) groups excluding carboxylic acids is 3. The summed E-state index contributed by atoms with van der Waals surface area (Å²) in [5.74, 6) is -1.27. The van der Waals surface area contributed by atoms with Crippen molar-refractivity contribution in [2.75, 3.05) is 10.2 Å². The summed E-state index contributed by atoms with van der Waals surface area (Å²) in [6, 6.07) is 12.5. The quantitative estimate of drug-likeness (QED) is 0.447. The van der Waals surface area contributed by atoms with Gasteiger partial charge in [-0.3, -0.25) is 19.3 Å². The second-order valence-electron chi connectivity index (χ2n) is 8.11. The minimum absolute atomic E-state index is 0.158. The van der Waals surface area contributed by atoms with Crippen molar-refractivity contribution < 1.29 is 14.4 Å². The summed E-state index contributed by atoms with van der Waals surface area (Å²) in [6.07, 6.45) is 1.24. The second-order valence-corrected chi connectivity index (χ2v) is 10.5. The normalized spacial score (nSPS) is 25.9. The molecular weight excluding hydrogens is 512 g/mol. The average molecular weight is 534 g/mol. The molecule has 2 fully saturated rings.